The zero-order valence-electron chi connectivity index (χ0n) is 11.2. The maximum absolute atomic E-state index is 9.95. The van der Waals surface area contributed by atoms with E-state index in [0.717, 1.165) is 17.5 Å². The van der Waals surface area contributed by atoms with E-state index in [-0.39, 0.29) is 0 Å². The zero-order valence-corrected chi connectivity index (χ0v) is 11.2. The molecule has 0 aliphatic carbocycles. The first-order valence-corrected chi connectivity index (χ1v) is 5.77. The van der Waals surface area contributed by atoms with Crippen LogP contribution in [0.5, 0.6) is 5.75 Å². The van der Waals surface area contributed by atoms with E-state index in [1.165, 1.54) is 22.3 Å². The van der Waals surface area contributed by atoms with E-state index in [1.807, 2.05) is 13.8 Å². The molecule has 0 bridgehead atoms. The van der Waals surface area contributed by atoms with Crippen molar-refractivity contribution in [1.29, 1.82) is 0 Å². The van der Waals surface area contributed by atoms with Crippen LogP contribution in [0.25, 0.3) is 0 Å². The molecule has 0 amide bonds. The predicted molar refractivity (Wildman–Crippen MR) is 70.2 cm³/mol. The summed E-state index contributed by atoms with van der Waals surface area (Å²) >= 11 is 0. The van der Waals surface area contributed by atoms with Gasteiger partial charge in [0.05, 0.1) is 0 Å². The van der Waals surface area contributed by atoms with Crippen LogP contribution >= 0.6 is 0 Å². The van der Waals surface area contributed by atoms with E-state index >= 15 is 0 Å². The molecule has 0 unspecified atom stereocenters. The van der Waals surface area contributed by atoms with Crippen molar-refractivity contribution in [2.45, 2.75) is 48.0 Å². The molecular formula is C15H22O. The van der Waals surface area contributed by atoms with Gasteiger partial charge in [-0.25, -0.2) is 0 Å². The first-order valence-electron chi connectivity index (χ1n) is 5.77. The van der Waals surface area contributed by atoms with E-state index < -0.39 is 0 Å². The Balaban J connectivity index is 3.34. The second kappa shape index (κ2) is 4.73. The number of benzene rings is 1. The maximum atomic E-state index is 9.95. The molecule has 0 heterocycles. The van der Waals surface area contributed by atoms with E-state index in [0.29, 0.717) is 5.75 Å². The van der Waals surface area contributed by atoms with Crippen molar-refractivity contribution in [2.75, 3.05) is 0 Å². The second-order valence-corrected chi connectivity index (χ2v) is 4.81. The molecule has 0 saturated carbocycles. The van der Waals surface area contributed by atoms with Gasteiger partial charge >= 0.3 is 0 Å². The SMILES string of the molecule is CC(C)=CCc1c(C)c(C)c(O)c(C)c1C. The zero-order chi connectivity index (χ0) is 12.5. The first-order chi connectivity index (χ1) is 7.36. The summed E-state index contributed by atoms with van der Waals surface area (Å²) in [6, 6.07) is 0. The number of hydrogen-bond donors (Lipinski definition) is 1. The van der Waals surface area contributed by atoms with Gasteiger partial charge in [0.25, 0.3) is 0 Å². The second-order valence-electron chi connectivity index (χ2n) is 4.81. The van der Waals surface area contributed by atoms with Crippen LogP contribution in [-0.2, 0) is 6.42 Å². The van der Waals surface area contributed by atoms with E-state index in [2.05, 4.69) is 33.8 Å². The summed E-state index contributed by atoms with van der Waals surface area (Å²) in [7, 11) is 0. The van der Waals surface area contributed by atoms with E-state index in [1.54, 1.807) is 0 Å². The number of phenolic OH excluding ortho intramolecular Hbond substituents is 1. The molecule has 0 aliphatic heterocycles. The average molecular weight is 218 g/mol. The van der Waals surface area contributed by atoms with Gasteiger partial charge in [-0.1, -0.05) is 11.6 Å². The molecule has 0 saturated heterocycles. The largest absolute Gasteiger partial charge is 0.507 e. The Labute approximate surface area is 98.8 Å². The van der Waals surface area contributed by atoms with Gasteiger partial charge in [0.1, 0.15) is 5.75 Å². The third-order valence-electron chi connectivity index (χ3n) is 3.46. The normalized spacial score (nSPS) is 10.4. The summed E-state index contributed by atoms with van der Waals surface area (Å²) in [5, 5.41) is 9.95. The quantitative estimate of drug-likeness (QED) is 0.740. The minimum Gasteiger partial charge on any atom is -0.507 e. The Morgan fingerprint density at radius 3 is 1.75 bits per heavy atom. The lowest BCUT2D eigenvalue weighted by Gasteiger charge is -2.16. The highest BCUT2D eigenvalue weighted by molar-refractivity contribution is 5.53. The molecule has 1 aromatic rings. The van der Waals surface area contributed by atoms with Crippen LogP contribution in [0.1, 0.15) is 41.7 Å². The first kappa shape index (κ1) is 12.8. The van der Waals surface area contributed by atoms with Crippen molar-refractivity contribution in [3.63, 3.8) is 0 Å². The van der Waals surface area contributed by atoms with Crippen molar-refractivity contribution in [3.05, 3.63) is 39.5 Å². The fraction of sp³-hybridized carbons (Fsp3) is 0.467. The lowest BCUT2D eigenvalue weighted by Crippen LogP contribution is -1.99. The average Bonchev–Trinajstić information content (AvgIpc) is 2.23. The monoisotopic (exact) mass is 218 g/mol. The molecule has 88 valence electrons. The van der Waals surface area contributed by atoms with Gasteiger partial charge in [-0.15, -0.1) is 0 Å². The molecule has 1 nitrogen and oxygen atoms in total. The molecule has 0 spiro atoms. The fourth-order valence-corrected chi connectivity index (χ4v) is 1.98. The molecule has 0 aliphatic rings. The molecular weight excluding hydrogens is 196 g/mol. The van der Waals surface area contributed by atoms with Gasteiger partial charge in [0, 0.05) is 0 Å². The molecule has 0 aromatic heterocycles. The van der Waals surface area contributed by atoms with Crippen LogP contribution in [-0.4, -0.2) is 5.11 Å². The summed E-state index contributed by atoms with van der Waals surface area (Å²) in [5.74, 6) is 0.455. The summed E-state index contributed by atoms with van der Waals surface area (Å²) in [6.07, 6.45) is 3.20. The molecule has 16 heavy (non-hydrogen) atoms. The molecule has 0 atom stereocenters. The van der Waals surface area contributed by atoms with Gasteiger partial charge < -0.3 is 5.11 Å². The summed E-state index contributed by atoms with van der Waals surface area (Å²) in [4.78, 5) is 0. The number of rotatable bonds is 2. The number of aromatic hydroxyl groups is 1. The Hall–Kier alpha value is -1.24. The smallest absolute Gasteiger partial charge is 0.121 e. The standard InChI is InChI=1S/C15H22O/c1-9(2)7-8-14-10(3)12(5)15(16)13(6)11(14)4/h7,16H,8H2,1-6H3. The molecule has 0 radical (unpaired) electrons. The van der Waals surface area contributed by atoms with Crippen LogP contribution in [0.2, 0.25) is 0 Å². The Kier molecular flexibility index (Phi) is 3.79. The van der Waals surface area contributed by atoms with Crippen molar-refractivity contribution in [1.82, 2.24) is 0 Å². The molecule has 1 aromatic carbocycles. The van der Waals surface area contributed by atoms with Gasteiger partial charge in [0.2, 0.25) is 0 Å². The molecule has 1 rings (SSSR count). The Morgan fingerprint density at radius 2 is 1.38 bits per heavy atom. The highest BCUT2D eigenvalue weighted by atomic mass is 16.3. The number of allylic oxidation sites excluding steroid dienone is 2. The van der Waals surface area contributed by atoms with E-state index in [4.69, 9.17) is 0 Å². The van der Waals surface area contributed by atoms with Gasteiger partial charge in [-0.2, -0.15) is 0 Å². The summed E-state index contributed by atoms with van der Waals surface area (Å²) in [5.41, 5.74) is 7.16. The van der Waals surface area contributed by atoms with Gasteiger partial charge in [-0.05, 0) is 75.8 Å². The number of phenols is 1. The van der Waals surface area contributed by atoms with Crippen molar-refractivity contribution >= 4 is 0 Å². The van der Waals surface area contributed by atoms with Crippen molar-refractivity contribution in [2.24, 2.45) is 0 Å². The maximum Gasteiger partial charge on any atom is 0.121 e. The molecule has 0 fully saturated rings. The van der Waals surface area contributed by atoms with Crippen LogP contribution in [0.3, 0.4) is 0 Å². The highest BCUT2D eigenvalue weighted by Crippen LogP contribution is 2.31. The Bertz CT molecular complexity index is 406. The van der Waals surface area contributed by atoms with Gasteiger partial charge in [0.15, 0.2) is 0 Å². The van der Waals surface area contributed by atoms with Crippen LogP contribution in [0.15, 0.2) is 11.6 Å². The predicted octanol–water partition coefficient (Wildman–Crippen LogP) is 4.13. The highest BCUT2D eigenvalue weighted by Gasteiger charge is 2.12. The minimum absolute atomic E-state index is 0.455. The fourth-order valence-electron chi connectivity index (χ4n) is 1.98. The number of hydrogen-bond acceptors (Lipinski definition) is 1. The molecule has 1 heteroatoms. The minimum atomic E-state index is 0.455. The third-order valence-corrected chi connectivity index (χ3v) is 3.46. The van der Waals surface area contributed by atoms with Crippen LogP contribution < -0.4 is 0 Å². The van der Waals surface area contributed by atoms with Crippen LogP contribution in [0.4, 0.5) is 0 Å². The van der Waals surface area contributed by atoms with E-state index in [9.17, 15) is 5.11 Å². The lowest BCUT2D eigenvalue weighted by molar-refractivity contribution is 0.465. The summed E-state index contributed by atoms with van der Waals surface area (Å²) < 4.78 is 0. The Morgan fingerprint density at radius 1 is 0.938 bits per heavy atom. The van der Waals surface area contributed by atoms with Gasteiger partial charge in [-0.3, -0.25) is 0 Å². The van der Waals surface area contributed by atoms with Crippen molar-refractivity contribution < 1.29 is 5.11 Å². The van der Waals surface area contributed by atoms with Crippen LogP contribution in [0, 0.1) is 27.7 Å². The lowest BCUT2D eigenvalue weighted by atomic mass is 9.91. The summed E-state index contributed by atoms with van der Waals surface area (Å²) in [6.45, 7) is 12.4. The molecule has 1 N–H and O–H groups in total. The topological polar surface area (TPSA) is 20.2 Å². The third kappa shape index (κ3) is 2.29. The van der Waals surface area contributed by atoms with Crippen molar-refractivity contribution in [3.8, 4) is 5.75 Å².